The van der Waals surface area contributed by atoms with Crippen LogP contribution in [0.5, 0.6) is 0 Å². The Balaban J connectivity index is 1.41. The van der Waals surface area contributed by atoms with Crippen LogP contribution in [0.25, 0.3) is 11.1 Å². The predicted octanol–water partition coefficient (Wildman–Crippen LogP) is 5.26. The molecule has 1 aliphatic carbocycles. The fourth-order valence-electron chi connectivity index (χ4n) is 4.52. The van der Waals surface area contributed by atoms with E-state index in [-0.39, 0.29) is 18.1 Å². The van der Waals surface area contributed by atoms with E-state index >= 15 is 0 Å². The maximum absolute atomic E-state index is 12.8. The Labute approximate surface area is 204 Å². The lowest BCUT2D eigenvalue weighted by molar-refractivity contribution is -0.118. The maximum atomic E-state index is 12.8. The van der Waals surface area contributed by atoms with Crippen molar-refractivity contribution in [1.82, 2.24) is 5.32 Å². The molecule has 35 heavy (non-hydrogen) atoms. The Hall–Kier alpha value is -4.13. The molecule has 7 nitrogen and oxygen atoms in total. The zero-order valence-corrected chi connectivity index (χ0v) is 19.9. The summed E-state index contributed by atoms with van der Waals surface area (Å²) >= 11 is 0. The van der Waals surface area contributed by atoms with Crippen molar-refractivity contribution in [3.05, 3.63) is 88.5 Å². The molecule has 7 heteroatoms. The summed E-state index contributed by atoms with van der Waals surface area (Å²) in [5, 5.41) is 14.8. The van der Waals surface area contributed by atoms with E-state index in [9.17, 15) is 19.5 Å². The van der Waals surface area contributed by atoms with Crippen LogP contribution in [0.2, 0.25) is 0 Å². The first-order valence-corrected chi connectivity index (χ1v) is 11.6. The molecule has 0 bridgehead atoms. The van der Waals surface area contributed by atoms with Crippen LogP contribution in [0.15, 0.2) is 60.7 Å². The lowest BCUT2D eigenvalue weighted by atomic mass is 9.98. The summed E-state index contributed by atoms with van der Waals surface area (Å²) in [7, 11) is 0. The van der Waals surface area contributed by atoms with Gasteiger partial charge in [-0.1, -0.05) is 55.5 Å². The van der Waals surface area contributed by atoms with E-state index in [1.54, 1.807) is 26.8 Å². The van der Waals surface area contributed by atoms with E-state index in [4.69, 9.17) is 4.74 Å². The summed E-state index contributed by atoms with van der Waals surface area (Å²) in [6, 6.07) is 18.4. The SMILES string of the molecule is CC[C@@H](NC(=O)OCC1c2ccccc2-c2ccccc21)C(=O)Nc1cc(C)c(C)c(C(=O)O)c1. The zero-order valence-electron chi connectivity index (χ0n) is 19.9. The number of fused-ring (bicyclic) bond motifs is 3. The lowest BCUT2D eigenvalue weighted by Gasteiger charge is -2.19. The van der Waals surface area contributed by atoms with E-state index < -0.39 is 24.0 Å². The Morgan fingerprint density at radius 2 is 1.57 bits per heavy atom. The standard InChI is InChI=1S/C28H28N2O5/c1-4-25(26(31)29-18-13-16(2)17(3)23(14-18)27(32)33)30-28(34)35-15-24-21-11-7-5-9-19(21)20-10-6-8-12-22(20)24/h5-14,24-25H,4,15H2,1-3H3,(H,29,31)(H,30,34)(H,32,33)/t25-/m1/s1. The van der Waals surface area contributed by atoms with Crippen molar-refractivity contribution in [2.24, 2.45) is 0 Å². The molecular formula is C28H28N2O5. The Kier molecular flexibility index (Phi) is 6.87. The number of alkyl carbamates (subject to hydrolysis) is 1. The number of hydrogen-bond donors (Lipinski definition) is 3. The van der Waals surface area contributed by atoms with E-state index in [1.807, 2.05) is 36.4 Å². The summed E-state index contributed by atoms with van der Waals surface area (Å²) in [4.78, 5) is 36.9. The van der Waals surface area contributed by atoms with Gasteiger partial charge in [0.25, 0.3) is 0 Å². The first-order valence-electron chi connectivity index (χ1n) is 11.6. The summed E-state index contributed by atoms with van der Waals surface area (Å²) < 4.78 is 5.55. The van der Waals surface area contributed by atoms with Crippen molar-refractivity contribution in [3.63, 3.8) is 0 Å². The van der Waals surface area contributed by atoms with Gasteiger partial charge in [-0.15, -0.1) is 0 Å². The number of aromatic carboxylic acids is 1. The first kappa shape index (κ1) is 24.0. The van der Waals surface area contributed by atoms with Gasteiger partial charge in [-0.05, 0) is 65.8 Å². The molecule has 1 aliphatic rings. The molecule has 0 saturated carbocycles. The van der Waals surface area contributed by atoms with Gasteiger partial charge in [-0.2, -0.15) is 0 Å². The van der Waals surface area contributed by atoms with Gasteiger partial charge in [0.05, 0.1) is 5.56 Å². The van der Waals surface area contributed by atoms with Gasteiger partial charge in [-0.25, -0.2) is 9.59 Å². The highest BCUT2D eigenvalue weighted by Gasteiger charge is 2.29. The molecule has 0 unspecified atom stereocenters. The Bertz CT molecular complexity index is 1250. The molecule has 0 spiro atoms. The van der Waals surface area contributed by atoms with Gasteiger partial charge in [0.15, 0.2) is 0 Å². The molecule has 3 N–H and O–H groups in total. The number of amides is 2. The van der Waals surface area contributed by atoms with Crippen LogP contribution in [0.4, 0.5) is 10.5 Å². The summed E-state index contributed by atoms with van der Waals surface area (Å²) in [6.07, 6.45) is -0.340. The van der Waals surface area contributed by atoms with E-state index in [1.165, 1.54) is 6.07 Å². The molecule has 0 aliphatic heterocycles. The topological polar surface area (TPSA) is 105 Å². The molecule has 0 aromatic heterocycles. The number of rotatable bonds is 7. The third-order valence-corrected chi connectivity index (χ3v) is 6.53. The Morgan fingerprint density at radius 3 is 2.14 bits per heavy atom. The third-order valence-electron chi connectivity index (χ3n) is 6.53. The number of benzene rings is 3. The normalized spacial score (nSPS) is 12.9. The minimum Gasteiger partial charge on any atom is -0.478 e. The van der Waals surface area contributed by atoms with Gasteiger partial charge in [-0.3, -0.25) is 4.79 Å². The molecule has 0 fully saturated rings. The number of hydrogen-bond acceptors (Lipinski definition) is 4. The number of nitrogens with one attached hydrogen (secondary N) is 2. The average molecular weight is 473 g/mol. The number of aryl methyl sites for hydroxylation is 1. The molecule has 0 saturated heterocycles. The van der Waals surface area contributed by atoms with Gasteiger partial charge >= 0.3 is 12.1 Å². The van der Waals surface area contributed by atoms with Crippen molar-refractivity contribution in [2.45, 2.75) is 39.2 Å². The molecule has 2 amide bonds. The number of carbonyl (C=O) groups is 3. The fourth-order valence-corrected chi connectivity index (χ4v) is 4.52. The van der Waals surface area contributed by atoms with Crippen molar-refractivity contribution >= 4 is 23.7 Å². The summed E-state index contributed by atoms with van der Waals surface area (Å²) in [5.41, 5.74) is 6.36. The van der Waals surface area contributed by atoms with E-state index in [0.717, 1.165) is 27.8 Å². The largest absolute Gasteiger partial charge is 0.478 e. The highest BCUT2D eigenvalue weighted by atomic mass is 16.5. The second-order valence-corrected chi connectivity index (χ2v) is 8.69. The van der Waals surface area contributed by atoms with Crippen LogP contribution in [0, 0.1) is 13.8 Å². The molecule has 4 rings (SSSR count). The molecule has 3 aromatic carbocycles. The molecule has 1 atom stereocenters. The van der Waals surface area contributed by atoms with Gasteiger partial charge in [0.2, 0.25) is 5.91 Å². The number of carboxylic acid groups (broad SMARTS) is 1. The molecular weight excluding hydrogens is 444 g/mol. The lowest BCUT2D eigenvalue weighted by Crippen LogP contribution is -2.43. The van der Waals surface area contributed by atoms with Crippen LogP contribution in [-0.4, -0.2) is 35.7 Å². The fraction of sp³-hybridized carbons (Fsp3) is 0.250. The highest BCUT2D eigenvalue weighted by molar-refractivity contribution is 5.98. The summed E-state index contributed by atoms with van der Waals surface area (Å²) in [5.74, 6) is -1.59. The molecule has 180 valence electrons. The van der Waals surface area contributed by atoms with Crippen LogP contribution in [0.3, 0.4) is 0 Å². The van der Waals surface area contributed by atoms with Gasteiger partial charge < -0.3 is 20.5 Å². The van der Waals surface area contributed by atoms with Crippen LogP contribution in [-0.2, 0) is 9.53 Å². The van der Waals surface area contributed by atoms with Crippen LogP contribution >= 0.6 is 0 Å². The van der Waals surface area contributed by atoms with Crippen molar-refractivity contribution in [2.75, 3.05) is 11.9 Å². The van der Waals surface area contributed by atoms with E-state index in [0.29, 0.717) is 17.7 Å². The number of ether oxygens (including phenoxy) is 1. The second kappa shape index (κ2) is 10.0. The van der Waals surface area contributed by atoms with E-state index in [2.05, 4.69) is 22.8 Å². The van der Waals surface area contributed by atoms with Crippen molar-refractivity contribution < 1.29 is 24.2 Å². The zero-order chi connectivity index (χ0) is 25.1. The first-order chi connectivity index (χ1) is 16.8. The third kappa shape index (κ3) is 4.89. The van der Waals surface area contributed by atoms with Gasteiger partial charge in [0.1, 0.15) is 12.6 Å². The minimum atomic E-state index is -1.06. The van der Waals surface area contributed by atoms with Crippen LogP contribution < -0.4 is 10.6 Å². The minimum absolute atomic E-state index is 0.0768. The number of carbonyl (C=O) groups excluding carboxylic acids is 2. The molecule has 0 heterocycles. The quantitative estimate of drug-likeness (QED) is 0.435. The summed E-state index contributed by atoms with van der Waals surface area (Å²) in [6.45, 7) is 5.43. The van der Waals surface area contributed by atoms with Crippen molar-refractivity contribution in [1.29, 1.82) is 0 Å². The number of carboxylic acids is 1. The monoisotopic (exact) mass is 472 g/mol. The average Bonchev–Trinajstić information content (AvgIpc) is 3.16. The van der Waals surface area contributed by atoms with Gasteiger partial charge in [0, 0.05) is 11.6 Å². The van der Waals surface area contributed by atoms with Crippen molar-refractivity contribution in [3.8, 4) is 11.1 Å². The smallest absolute Gasteiger partial charge is 0.407 e. The predicted molar refractivity (Wildman–Crippen MR) is 134 cm³/mol. The van der Waals surface area contributed by atoms with Crippen LogP contribution in [0.1, 0.15) is 51.9 Å². The molecule has 3 aromatic rings. The number of anilines is 1. The molecule has 0 radical (unpaired) electrons. The maximum Gasteiger partial charge on any atom is 0.407 e. The second-order valence-electron chi connectivity index (χ2n) is 8.69. The Morgan fingerprint density at radius 1 is 0.971 bits per heavy atom. The highest BCUT2D eigenvalue weighted by Crippen LogP contribution is 2.44.